The number of hydrogen-bond acceptors (Lipinski definition) is 3. The first-order valence-corrected chi connectivity index (χ1v) is 8.77. The van der Waals surface area contributed by atoms with Crippen molar-refractivity contribution >= 4 is 38.3 Å². The molecule has 3 rings (SSSR count). The zero-order valence-electron chi connectivity index (χ0n) is 13.7. The number of hydrogen-bond donors (Lipinski definition) is 0. The number of ether oxygens (including phenoxy) is 2. The maximum absolute atomic E-state index is 14.0. The summed E-state index contributed by atoms with van der Waals surface area (Å²) in [6.07, 6.45) is -5.25. The van der Waals surface area contributed by atoms with Crippen LogP contribution in [0.3, 0.4) is 0 Å². The van der Waals surface area contributed by atoms with Crippen LogP contribution in [0.5, 0.6) is 17.4 Å². The number of benzene rings is 2. The molecule has 0 saturated heterocycles. The molecule has 0 amide bonds. The van der Waals surface area contributed by atoms with Crippen molar-refractivity contribution < 1.29 is 27.0 Å². The van der Waals surface area contributed by atoms with Gasteiger partial charge in [-0.2, -0.15) is 13.2 Å². The smallest absolute Gasteiger partial charge is 0.425 e. The molecule has 1 atom stereocenters. The Labute approximate surface area is 165 Å². The van der Waals surface area contributed by atoms with Crippen LogP contribution >= 0.6 is 27.5 Å². The number of rotatable bonds is 4. The molecule has 2 aromatic carbocycles. The van der Waals surface area contributed by atoms with E-state index in [9.17, 15) is 17.6 Å². The summed E-state index contributed by atoms with van der Waals surface area (Å²) in [7, 11) is 0. The number of nitrogens with zero attached hydrogens (tertiary/aromatic N) is 1. The summed E-state index contributed by atoms with van der Waals surface area (Å²) in [6, 6.07) is 8.55. The van der Waals surface area contributed by atoms with Crippen LogP contribution in [-0.4, -0.2) is 17.3 Å². The van der Waals surface area contributed by atoms with E-state index < -0.39 is 18.1 Å². The number of pyridine rings is 1. The fourth-order valence-electron chi connectivity index (χ4n) is 2.32. The molecule has 0 fully saturated rings. The minimum absolute atomic E-state index is 0.00274. The van der Waals surface area contributed by atoms with Gasteiger partial charge in [-0.1, -0.05) is 33.6 Å². The van der Waals surface area contributed by atoms with E-state index in [0.717, 1.165) is 13.0 Å². The monoisotopic (exact) mass is 463 g/mol. The van der Waals surface area contributed by atoms with Gasteiger partial charge in [-0.15, -0.1) is 0 Å². The summed E-state index contributed by atoms with van der Waals surface area (Å²) >= 11 is 9.19. The van der Waals surface area contributed by atoms with Crippen LogP contribution in [0.4, 0.5) is 17.6 Å². The third-order valence-corrected chi connectivity index (χ3v) is 4.40. The van der Waals surface area contributed by atoms with E-state index in [1.54, 1.807) is 12.1 Å². The first-order chi connectivity index (χ1) is 12.7. The molecule has 0 bridgehead atoms. The van der Waals surface area contributed by atoms with Crippen LogP contribution in [0.1, 0.15) is 6.92 Å². The van der Waals surface area contributed by atoms with Crippen molar-refractivity contribution in [2.45, 2.75) is 19.2 Å². The Kier molecular flexibility index (Phi) is 5.48. The van der Waals surface area contributed by atoms with E-state index in [2.05, 4.69) is 20.9 Å². The van der Waals surface area contributed by atoms with Crippen molar-refractivity contribution in [3.05, 3.63) is 57.9 Å². The fourth-order valence-corrected chi connectivity index (χ4v) is 2.97. The van der Waals surface area contributed by atoms with Crippen molar-refractivity contribution in [1.82, 2.24) is 4.98 Å². The van der Waals surface area contributed by atoms with Gasteiger partial charge in [0.15, 0.2) is 17.7 Å². The van der Waals surface area contributed by atoms with Crippen molar-refractivity contribution in [3.8, 4) is 17.4 Å². The first-order valence-electron chi connectivity index (χ1n) is 7.60. The Morgan fingerprint density at radius 1 is 1.19 bits per heavy atom. The Balaban J connectivity index is 2.14. The zero-order valence-corrected chi connectivity index (χ0v) is 16.0. The van der Waals surface area contributed by atoms with E-state index in [4.69, 9.17) is 21.1 Å². The molecule has 3 nitrogen and oxygen atoms in total. The Morgan fingerprint density at radius 2 is 1.93 bits per heavy atom. The summed E-state index contributed by atoms with van der Waals surface area (Å²) in [5.74, 6) is -1.25. The minimum atomic E-state index is -4.56. The molecular formula is C18H11BrClF4NO2. The summed E-state index contributed by atoms with van der Waals surface area (Å²) in [6.45, 7) is 0.886. The van der Waals surface area contributed by atoms with Gasteiger partial charge in [0.2, 0.25) is 5.88 Å². The molecule has 0 N–H and O–H groups in total. The molecule has 0 aliphatic heterocycles. The molecule has 9 heteroatoms. The topological polar surface area (TPSA) is 31.4 Å². The van der Waals surface area contributed by atoms with E-state index in [1.165, 1.54) is 24.4 Å². The van der Waals surface area contributed by atoms with Crippen molar-refractivity contribution in [3.63, 3.8) is 0 Å². The highest BCUT2D eigenvalue weighted by molar-refractivity contribution is 9.10. The first kappa shape index (κ1) is 19.7. The van der Waals surface area contributed by atoms with Gasteiger partial charge < -0.3 is 9.47 Å². The molecule has 0 unspecified atom stereocenters. The van der Waals surface area contributed by atoms with E-state index in [-0.39, 0.29) is 27.8 Å². The van der Waals surface area contributed by atoms with Crippen LogP contribution in [0.2, 0.25) is 5.02 Å². The molecule has 27 heavy (non-hydrogen) atoms. The third-order valence-electron chi connectivity index (χ3n) is 3.64. The SMILES string of the molecule is C[C@H](Oc1cc(Br)cc2ccnc(Oc3c(F)cccc3Cl)c12)C(F)(F)F. The second kappa shape index (κ2) is 7.52. The van der Waals surface area contributed by atoms with Gasteiger partial charge in [-0.25, -0.2) is 9.37 Å². The average molecular weight is 465 g/mol. The molecule has 1 heterocycles. The normalized spacial score (nSPS) is 12.9. The predicted molar refractivity (Wildman–Crippen MR) is 97.1 cm³/mol. The fraction of sp³-hybridized carbons (Fsp3) is 0.167. The molecule has 1 aromatic heterocycles. The lowest BCUT2D eigenvalue weighted by Crippen LogP contribution is -2.31. The molecule has 0 aliphatic carbocycles. The van der Waals surface area contributed by atoms with Crippen LogP contribution in [0.25, 0.3) is 10.8 Å². The molecule has 3 aromatic rings. The van der Waals surface area contributed by atoms with Gasteiger partial charge in [-0.3, -0.25) is 0 Å². The number of aromatic nitrogens is 1. The quantitative estimate of drug-likeness (QED) is 0.393. The van der Waals surface area contributed by atoms with Gasteiger partial charge in [0.1, 0.15) is 5.75 Å². The number of alkyl halides is 3. The van der Waals surface area contributed by atoms with E-state index >= 15 is 0 Å². The lowest BCUT2D eigenvalue weighted by Gasteiger charge is -2.20. The maximum atomic E-state index is 14.0. The van der Waals surface area contributed by atoms with Crippen molar-refractivity contribution in [1.29, 1.82) is 0 Å². The lowest BCUT2D eigenvalue weighted by molar-refractivity contribution is -0.189. The zero-order chi connectivity index (χ0) is 19.8. The highest BCUT2D eigenvalue weighted by atomic mass is 79.9. The summed E-state index contributed by atoms with van der Waals surface area (Å²) in [5, 5.41) is 0.652. The highest BCUT2D eigenvalue weighted by Crippen LogP contribution is 2.40. The second-order valence-electron chi connectivity index (χ2n) is 5.57. The molecule has 0 spiro atoms. The Morgan fingerprint density at radius 3 is 2.59 bits per heavy atom. The van der Waals surface area contributed by atoms with Crippen LogP contribution < -0.4 is 9.47 Å². The number of halogens is 6. The summed E-state index contributed by atoms with van der Waals surface area (Å²) in [5.41, 5.74) is 0. The number of para-hydroxylation sites is 1. The lowest BCUT2D eigenvalue weighted by atomic mass is 10.1. The summed E-state index contributed by atoms with van der Waals surface area (Å²) < 4.78 is 64.0. The van der Waals surface area contributed by atoms with E-state index in [0.29, 0.717) is 9.86 Å². The van der Waals surface area contributed by atoms with Crippen LogP contribution in [0, 0.1) is 5.82 Å². The maximum Gasteiger partial charge on any atom is 0.425 e. The van der Waals surface area contributed by atoms with Gasteiger partial charge in [-0.05, 0) is 42.6 Å². The van der Waals surface area contributed by atoms with Crippen molar-refractivity contribution in [2.75, 3.05) is 0 Å². The summed E-state index contributed by atoms with van der Waals surface area (Å²) in [4.78, 5) is 4.02. The van der Waals surface area contributed by atoms with Gasteiger partial charge in [0.05, 0.1) is 10.4 Å². The molecule has 0 aliphatic rings. The number of fused-ring (bicyclic) bond motifs is 1. The highest BCUT2D eigenvalue weighted by Gasteiger charge is 2.38. The van der Waals surface area contributed by atoms with Gasteiger partial charge in [0.25, 0.3) is 0 Å². The van der Waals surface area contributed by atoms with Gasteiger partial charge in [0, 0.05) is 10.7 Å². The largest absolute Gasteiger partial charge is 0.480 e. The van der Waals surface area contributed by atoms with Gasteiger partial charge >= 0.3 is 6.18 Å². The Hall–Kier alpha value is -2.06. The molecule has 0 saturated carbocycles. The average Bonchev–Trinajstić information content (AvgIpc) is 2.57. The third kappa shape index (κ3) is 4.27. The Bertz CT molecular complexity index is 977. The van der Waals surface area contributed by atoms with Crippen LogP contribution in [0.15, 0.2) is 47.1 Å². The van der Waals surface area contributed by atoms with Crippen LogP contribution in [-0.2, 0) is 0 Å². The molecular weight excluding hydrogens is 454 g/mol. The molecule has 142 valence electrons. The standard InChI is InChI=1S/C18H11BrClF4NO2/c1-9(18(22,23)24)26-14-8-11(19)7-10-5-6-25-17(15(10)14)27-16-12(20)3-2-4-13(16)21/h2-9H,1H3/t9-/m0/s1. The molecule has 0 radical (unpaired) electrons. The van der Waals surface area contributed by atoms with E-state index in [1.807, 2.05) is 0 Å². The minimum Gasteiger partial charge on any atom is -0.480 e. The predicted octanol–water partition coefficient (Wildman–Crippen LogP) is 6.91. The second-order valence-corrected chi connectivity index (χ2v) is 6.90. The van der Waals surface area contributed by atoms with Crippen molar-refractivity contribution in [2.24, 2.45) is 0 Å².